The monoisotopic (exact) mass is 277 g/mol. The molecule has 1 aliphatic rings. The van der Waals surface area contributed by atoms with Crippen molar-refractivity contribution in [3.05, 3.63) is 34.7 Å². The number of hydrogen-bond acceptors (Lipinski definition) is 4. The maximum atomic E-state index is 10.6. The second-order valence-electron chi connectivity index (χ2n) is 4.09. The number of fused-ring (bicyclic) bond motifs is 3. The van der Waals surface area contributed by atoms with Gasteiger partial charge >= 0.3 is 5.97 Å². The molecule has 18 heavy (non-hydrogen) atoms. The summed E-state index contributed by atoms with van der Waals surface area (Å²) >= 11 is 2.93. The standard InChI is InChI=1S/C13H11NO2S2/c15-11(16)7-17-13-14-12-9-4-2-1-3-8(9)5-6-10(12)18-13/h1-4H,5-7H2,(H,15,16). The molecular weight excluding hydrogens is 266 g/mol. The molecule has 5 heteroatoms. The summed E-state index contributed by atoms with van der Waals surface area (Å²) in [6, 6.07) is 8.31. The number of thioether (sulfide) groups is 1. The van der Waals surface area contributed by atoms with Gasteiger partial charge in [0, 0.05) is 10.4 Å². The lowest BCUT2D eigenvalue weighted by atomic mass is 9.94. The Hall–Kier alpha value is -1.33. The van der Waals surface area contributed by atoms with Crippen LogP contribution in [0.25, 0.3) is 11.3 Å². The van der Waals surface area contributed by atoms with Gasteiger partial charge in [0.05, 0.1) is 11.4 Å². The largest absolute Gasteiger partial charge is 0.481 e. The number of nitrogens with zero attached hydrogens (tertiary/aromatic N) is 1. The number of hydrogen-bond donors (Lipinski definition) is 1. The first-order chi connectivity index (χ1) is 8.74. The van der Waals surface area contributed by atoms with Crippen molar-refractivity contribution in [3.8, 4) is 11.3 Å². The Labute approximate surface area is 113 Å². The van der Waals surface area contributed by atoms with E-state index in [1.54, 1.807) is 11.3 Å². The van der Waals surface area contributed by atoms with Crippen LogP contribution in [-0.4, -0.2) is 21.8 Å². The second-order valence-corrected chi connectivity index (χ2v) is 6.40. The molecule has 0 saturated carbocycles. The highest BCUT2D eigenvalue weighted by Crippen LogP contribution is 2.38. The van der Waals surface area contributed by atoms with Crippen LogP contribution in [0.2, 0.25) is 0 Å². The minimum absolute atomic E-state index is 0.0774. The summed E-state index contributed by atoms with van der Waals surface area (Å²) in [6.07, 6.45) is 2.06. The lowest BCUT2D eigenvalue weighted by molar-refractivity contribution is -0.133. The summed E-state index contributed by atoms with van der Waals surface area (Å²) in [5, 5.41) is 8.69. The van der Waals surface area contributed by atoms with Crippen LogP contribution in [0.15, 0.2) is 28.6 Å². The minimum Gasteiger partial charge on any atom is -0.481 e. The van der Waals surface area contributed by atoms with E-state index in [9.17, 15) is 4.79 Å². The average molecular weight is 277 g/mol. The summed E-state index contributed by atoms with van der Waals surface area (Å²) < 4.78 is 0.860. The first-order valence-corrected chi connectivity index (χ1v) is 7.47. The van der Waals surface area contributed by atoms with Crippen LogP contribution in [0.5, 0.6) is 0 Å². The van der Waals surface area contributed by atoms with Crippen molar-refractivity contribution in [1.29, 1.82) is 0 Å². The van der Waals surface area contributed by atoms with Crippen LogP contribution < -0.4 is 0 Å². The van der Waals surface area contributed by atoms with E-state index in [-0.39, 0.29) is 5.75 Å². The van der Waals surface area contributed by atoms with Crippen LogP contribution in [-0.2, 0) is 17.6 Å². The Balaban J connectivity index is 1.94. The van der Waals surface area contributed by atoms with Gasteiger partial charge in [-0.2, -0.15) is 0 Å². The van der Waals surface area contributed by atoms with E-state index >= 15 is 0 Å². The smallest absolute Gasteiger partial charge is 0.313 e. The fourth-order valence-electron chi connectivity index (χ4n) is 2.11. The predicted molar refractivity (Wildman–Crippen MR) is 73.3 cm³/mol. The molecule has 0 amide bonds. The second kappa shape index (κ2) is 4.74. The van der Waals surface area contributed by atoms with E-state index in [0.29, 0.717) is 0 Å². The molecule has 2 aromatic rings. The minimum atomic E-state index is -0.798. The van der Waals surface area contributed by atoms with Gasteiger partial charge in [0.1, 0.15) is 0 Å². The Morgan fingerprint density at radius 3 is 3.06 bits per heavy atom. The van der Waals surface area contributed by atoms with Gasteiger partial charge in [0.2, 0.25) is 0 Å². The Morgan fingerprint density at radius 1 is 1.39 bits per heavy atom. The number of thiazole rings is 1. The quantitative estimate of drug-likeness (QED) is 0.876. The Kier molecular flexibility index (Phi) is 3.09. The third kappa shape index (κ3) is 2.15. The molecule has 0 spiro atoms. The van der Waals surface area contributed by atoms with Crippen molar-refractivity contribution in [2.45, 2.75) is 17.2 Å². The summed E-state index contributed by atoms with van der Waals surface area (Å²) in [6.45, 7) is 0. The molecule has 0 aliphatic heterocycles. The van der Waals surface area contributed by atoms with Crippen molar-refractivity contribution < 1.29 is 9.90 Å². The summed E-state index contributed by atoms with van der Waals surface area (Å²) in [7, 11) is 0. The fourth-order valence-corrected chi connectivity index (χ4v) is 4.03. The third-order valence-electron chi connectivity index (χ3n) is 2.89. The van der Waals surface area contributed by atoms with Gasteiger partial charge in [-0.15, -0.1) is 11.3 Å². The van der Waals surface area contributed by atoms with E-state index in [0.717, 1.165) is 22.9 Å². The number of carbonyl (C=O) groups is 1. The molecule has 1 aromatic carbocycles. The zero-order valence-electron chi connectivity index (χ0n) is 9.55. The van der Waals surface area contributed by atoms with E-state index < -0.39 is 5.97 Å². The molecule has 1 heterocycles. The van der Waals surface area contributed by atoms with Crippen molar-refractivity contribution >= 4 is 29.1 Å². The van der Waals surface area contributed by atoms with E-state index in [2.05, 4.69) is 23.2 Å². The first-order valence-electron chi connectivity index (χ1n) is 5.66. The molecule has 1 aliphatic carbocycles. The number of aromatic nitrogens is 1. The molecule has 0 atom stereocenters. The Bertz CT molecular complexity index is 607. The topological polar surface area (TPSA) is 50.2 Å². The number of rotatable bonds is 3. The van der Waals surface area contributed by atoms with Gasteiger partial charge < -0.3 is 5.11 Å². The lowest BCUT2D eigenvalue weighted by Gasteiger charge is -2.13. The van der Waals surface area contributed by atoms with Gasteiger partial charge in [0.15, 0.2) is 4.34 Å². The summed E-state index contributed by atoms with van der Waals surface area (Å²) in [5.74, 6) is -0.720. The highest BCUT2D eigenvalue weighted by atomic mass is 32.2. The predicted octanol–water partition coefficient (Wildman–Crippen LogP) is 3.09. The third-order valence-corrected chi connectivity index (χ3v) is 5.13. The molecule has 3 rings (SSSR count). The maximum Gasteiger partial charge on any atom is 0.313 e. The molecule has 0 saturated heterocycles. The first kappa shape index (κ1) is 11.7. The highest BCUT2D eigenvalue weighted by Gasteiger charge is 2.20. The molecule has 1 aromatic heterocycles. The van der Waals surface area contributed by atoms with Crippen molar-refractivity contribution in [3.63, 3.8) is 0 Å². The number of benzene rings is 1. The van der Waals surface area contributed by atoms with Gasteiger partial charge in [-0.3, -0.25) is 4.79 Å². The van der Waals surface area contributed by atoms with Crippen LogP contribution in [0.3, 0.4) is 0 Å². The van der Waals surface area contributed by atoms with E-state index in [1.807, 2.05) is 6.07 Å². The normalized spacial score (nSPS) is 12.9. The molecule has 0 unspecified atom stereocenters. The van der Waals surface area contributed by atoms with Crippen LogP contribution in [0, 0.1) is 0 Å². The molecule has 0 fully saturated rings. The number of carboxylic acids is 1. The number of aliphatic carboxylic acids is 1. The Morgan fingerprint density at radius 2 is 2.22 bits per heavy atom. The maximum absolute atomic E-state index is 10.6. The van der Waals surface area contributed by atoms with Gasteiger partial charge in [-0.1, -0.05) is 36.0 Å². The SMILES string of the molecule is O=C(O)CSc1nc2c(s1)CCc1ccccc1-2. The molecule has 1 N–H and O–H groups in total. The van der Waals surface area contributed by atoms with Gasteiger partial charge in [-0.25, -0.2) is 4.98 Å². The number of carboxylic acid groups (broad SMARTS) is 1. The van der Waals surface area contributed by atoms with Crippen molar-refractivity contribution in [2.75, 3.05) is 5.75 Å². The summed E-state index contributed by atoms with van der Waals surface area (Å²) in [5.41, 5.74) is 3.59. The van der Waals surface area contributed by atoms with Crippen molar-refractivity contribution in [1.82, 2.24) is 4.98 Å². The molecule has 92 valence electrons. The molecule has 3 nitrogen and oxygen atoms in total. The number of aryl methyl sites for hydroxylation is 2. The molecule has 0 radical (unpaired) electrons. The van der Waals surface area contributed by atoms with Gasteiger partial charge in [-0.05, 0) is 18.4 Å². The lowest BCUT2D eigenvalue weighted by Crippen LogP contribution is -2.01. The highest BCUT2D eigenvalue weighted by molar-refractivity contribution is 8.01. The summed E-state index contributed by atoms with van der Waals surface area (Å²) in [4.78, 5) is 16.4. The van der Waals surface area contributed by atoms with Crippen molar-refractivity contribution in [2.24, 2.45) is 0 Å². The zero-order valence-corrected chi connectivity index (χ0v) is 11.2. The molecular formula is C13H11NO2S2. The van der Waals surface area contributed by atoms with E-state index in [1.165, 1.54) is 27.8 Å². The average Bonchev–Trinajstić information content (AvgIpc) is 2.79. The van der Waals surface area contributed by atoms with Crippen LogP contribution in [0.4, 0.5) is 0 Å². The zero-order chi connectivity index (χ0) is 12.5. The van der Waals surface area contributed by atoms with Crippen LogP contribution in [0.1, 0.15) is 10.4 Å². The fraction of sp³-hybridized carbons (Fsp3) is 0.231. The van der Waals surface area contributed by atoms with E-state index in [4.69, 9.17) is 5.11 Å². The van der Waals surface area contributed by atoms with Crippen LogP contribution >= 0.6 is 23.1 Å². The molecule has 0 bridgehead atoms. The van der Waals surface area contributed by atoms with Gasteiger partial charge in [0.25, 0.3) is 0 Å².